The van der Waals surface area contributed by atoms with Crippen LogP contribution in [0.15, 0.2) is 36.4 Å². The molecule has 3 aliphatic rings. The smallest absolute Gasteiger partial charge is 0.231 e. The molecular formula is C21H22FNO3. The maximum atomic E-state index is 13.5. The first-order valence-electron chi connectivity index (χ1n) is 9.30. The summed E-state index contributed by atoms with van der Waals surface area (Å²) in [6.07, 6.45) is 2.43. The summed E-state index contributed by atoms with van der Waals surface area (Å²) in [6.45, 7) is 4.59. The number of likely N-dealkylation sites (tertiary alicyclic amines) is 1. The van der Waals surface area contributed by atoms with Crippen molar-refractivity contribution in [3.63, 3.8) is 0 Å². The lowest BCUT2D eigenvalue weighted by Crippen LogP contribution is -2.46. The highest BCUT2D eigenvalue weighted by atomic mass is 19.1. The number of hydrogen-bond donors (Lipinski definition) is 0. The van der Waals surface area contributed by atoms with E-state index in [0.29, 0.717) is 0 Å². The third-order valence-corrected chi connectivity index (χ3v) is 5.79. The molecule has 4 nitrogen and oxygen atoms in total. The molecule has 0 bridgehead atoms. The van der Waals surface area contributed by atoms with Gasteiger partial charge >= 0.3 is 0 Å². The van der Waals surface area contributed by atoms with Crippen LogP contribution in [-0.2, 0) is 0 Å². The Balaban J connectivity index is 1.62. The highest BCUT2D eigenvalue weighted by Gasteiger charge is 2.41. The summed E-state index contributed by atoms with van der Waals surface area (Å²) < 4.78 is 31.0. The Morgan fingerprint density at radius 2 is 1.65 bits per heavy atom. The number of fused-ring (bicyclic) bond motifs is 2. The average Bonchev–Trinajstić information content (AvgIpc) is 3.32. The fraction of sp³-hybridized carbons (Fsp3) is 0.429. The quantitative estimate of drug-likeness (QED) is 0.810. The van der Waals surface area contributed by atoms with Gasteiger partial charge in [-0.25, -0.2) is 4.39 Å². The van der Waals surface area contributed by atoms with Gasteiger partial charge in [-0.15, -0.1) is 0 Å². The minimum absolute atomic E-state index is 0.0143. The van der Waals surface area contributed by atoms with Gasteiger partial charge in [0.25, 0.3) is 0 Å². The summed E-state index contributed by atoms with van der Waals surface area (Å²) in [7, 11) is 0. The first-order chi connectivity index (χ1) is 12.7. The molecule has 2 aromatic rings. The predicted molar refractivity (Wildman–Crippen MR) is 95.2 cm³/mol. The third kappa shape index (κ3) is 2.53. The van der Waals surface area contributed by atoms with Gasteiger partial charge < -0.3 is 14.2 Å². The first kappa shape index (κ1) is 15.9. The van der Waals surface area contributed by atoms with Crippen LogP contribution in [0.25, 0.3) is 0 Å². The normalized spacial score (nSPS) is 27.2. The summed E-state index contributed by atoms with van der Waals surface area (Å²) in [6, 6.07) is 10.8. The number of hydrogen-bond acceptors (Lipinski definition) is 4. The Hall–Kier alpha value is -2.27. The van der Waals surface area contributed by atoms with Gasteiger partial charge in [-0.3, -0.25) is 4.90 Å². The van der Waals surface area contributed by atoms with Crippen LogP contribution in [-0.4, -0.2) is 31.0 Å². The molecule has 0 amide bonds. The Morgan fingerprint density at radius 1 is 0.962 bits per heavy atom. The van der Waals surface area contributed by atoms with E-state index in [1.54, 1.807) is 0 Å². The largest absolute Gasteiger partial charge is 0.474 e. The van der Waals surface area contributed by atoms with Gasteiger partial charge in [-0.1, -0.05) is 19.1 Å². The van der Waals surface area contributed by atoms with E-state index in [2.05, 4.69) is 11.8 Å². The zero-order chi connectivity index (χ0) is 17.7. The fourth-order valence-electron chi connectivity index (χ4n) is 4.53. The van der Waals surface area contributed by atoms with Crippen molar-refractivity contribution in [2.45, 2.75) is 31.9 Å². The summed E-state index contributed by atoms with van der Waals surface area (Å²) >= 11 is 0. The van der Waals surface area contributed by atoms with Crippen molar-refractivity contribution >= 4 is 0 Å². The van der Waals surface area contributed by atoms with Crippen molar-refractivity contribution in [2.24, 2.45) is 5.92 Å². The van der Waals surface area contributed by atoms with E-state index in [1.807, 2.05) is 24.3 Å². The molecule has 0 spiro atoms. The van der Waals surface area contributed by atoms with E-state index >= 15 is 0 Å². The lowest BCUT2D eigenvalue weighted by molar-refractivity contribution is -0.0178. The van der Waals surface area contributed by atoms with Gasteiger partial charge in [0, 0.05) is 36.6 Å². The van der Waals surface area contributed by atoms with E-state index in [0.717, 1.165) is 41.5 Å². The Bertz CT molecular complexity index is 817. The molecular weight excluding hydrogens is 333 g/mol. The van der Waals surface area contributed by atoms with E-state index in [1.165, 1.54) is 25.0 Å². The SMILES string of the molecule is C[C@@H]1[C@@H](c2ccc(F)cc2)c2cc3c(cc2O[C@@H]1N1CCCC1)OCO3. The van der Waals surface area contributed by atoms with Crippen LogP contribution in [0.4, 0.5) is 4.39 Å². The predicted octanol–water partition coefficient (Wildman–Crippen LogP) is 4.14. The minimum atomic E-state index is -0.213. The summed E-state index contributed by atoms with van der Waals surface area (Å²) in [4.78, 5) is 2.43. The van der Waals surface area contributed by atoms with E-state index in [-0.39, 0.29) is 30.7 Å². The summed E-state index contributed by atoms with van der Waals surface area (Å²) in [5.74, 6) is 2.49. The van der Waals surface area contributed by atoms with E-state index in [4.69, 9.17) is 14.2 Å². The van der Waals surface area contributed by atoms with Crippen molar-refractivity contribution in [3.8, 4) is 17.2 Å². The molecule has 2 aromatic carbocycles. The minimum Gasteiger partial charge on any atom is -0.474 e. The van der Waals surface area contributed by atoms with Gasteiger partial charge in [-0.05, 0) is 36.6 Å². The number of halogens is 1. The molecule has 1 saturated heterocycles. The van der Waals surface area contributed by atoms with Crippen molar-refractivity contribution in [2.75, 3.05) is 19.9 Å². The molecule has 0 unspecified atom stereocenters. The van der Waals surface area contributed by atoms with Crippen molar-refractivity contribution in [3.05, 3.63) is 53.3 Å². The van der Waals surface area contributed by atoms with Crippen LogP contribution in [0.3, 0.4) is 0 Å². The van der Waals surface area contributed by atoms with Gasteiger partial charge in [0.05, 0.1) is 0 Å². The van der Waals surface area contributed by atoms with E-state index in [9.17, 15) is 4.39 Å². The molecule has 5 rings (SSSR count). The molecule has 3 aliphatic heterocycles. The van der Waals surface area contributed by atoms with Crippen molar-refractivity contribution < 1.29 is 18.6 Å². The molecule has 136 valence electrons. The highest BCUT2D eigenvalue weighted by molar-refractivity contribution is 5.56. The zero-order valence-electron chi connectivity index (χ0n) is 14.8. The highest BCUT2D eigenvalue weighted by Crippen LogP contribution is 2.49. The van der Waals surface area contributed by atoms with Crippen molar-refractivity contribution in [1.82, 2.24) is 4.90 Å². The lowest BCUT2D eigenvalue weighted by atomic mass is 9.78. The second-order valence-electron chi connectivity index (χ2n) is 7.38. The molecule has 3 heterocycles. The second-order valence-corrected chi connectivity index (χ2v) is 7.38. The molecule has 1 fully saturated rings. The van der Waals surface area contributed by atoms with Crippen LogP contribution in [0.5, 0.6) is 17.2 Å². The summed E-state index contributed by atoms with van der Waals surface area (Å²) in [5.41, 5.74) is 2.19. The molecule has 0 radical (unpaired) electrons. The van der Waals surface area contributed by atoms with Gasteiger partial charge in [0.2, 0.25) is 6.79 Å². The molecule has 0 aromatic heterocycles. The van der Waals surface area contributed by atoms with Crippen molar-refractivity contribution in [1.29, 1.82) is 0 Å². The molecule has 0 aliphatic carbocycles. The average molecular weight is 355 g/mol. The second kappa shape index (κ2) is 6.16. The third-order valence-electron chi connectivity index (χ3n) is 5.79. The monoisotopic (exact) mass is 355 g/mol. The van der Waals surface area contributed by atoms with Crippen LogP contribution >= 0.6 is 0 Å². The van der Waals surface area contributed by atoms with Crippen LogP contribution in [0.1, 0.15) is 36.8 Å². The topological polar surface area (TPSA) is 30.9 Å². The molecule has 0 saturated carbocycles. The molecule has 3 atom stereocenters. The lowest BCUT2D eigenvalue weighted by Gasteiger charge is -2.42. The standard InChI is InChI=1S/C21H22FNO3/c1-13-20(14-4-6-15(22)7-5-14)16-10-18-19(25-12-24-18)11-17(16)26-21(13)23-8-2-3-9-23/h4-7,10-11,13,20-21H,2-3,8-9,12H2,1H3/t13-,20+,21+/m1/s1. The van der Waals surface area contributed by atoms with Gasteiger partial charge in [0.1, 0.15) is 11.6 Å². The summed E-state index contributed by atoms with van der Waals surface area (Å²) in [5, 5.41) is 0. The molecule has 5 heteroatoms. The zero-order valence-corrected chi connectivity index (χ0v) is 14.8. The van der Waals surface area contributed by atoms with Gasteiger partial charge in [-0.2, -0.15) is 0 Å². The fourth-order valence-corrected chi connectivity index (χ4v) is 4.53. The Morgan fingerprint density at radius 3 is 2.38 bits per heavy atom. The number of ether oxygens (including phenoxy) is 3. The number of rotatable bonds is 2. The molecule has 26 heavy (non-hydrogen) atoms. The molecule has 0 N–H and O–H groups in total. The Labute approximate surface area is 152 Å². The van der Waals surface area contributed by atoms with Gasteiger partial charge in [0.15, 0.2) is 17.7 Å². The number of nitrogens with zero attached hydrogens (tertiary/aromatic N) is 1. The maximum Gasteiger partial charge on any atom is 0.231 e. The van der Waals surface area contributed by atoms with Crippen LogP contribution in [0.2, 0.25) is 0 Å². The first-order valence-corrected chi connectivity index (χ1v) is 9.30. The van der Waals surface area contributed by atoms with E-state index < -0.39 is 0 Å². The Kier molecular flexibility index (Phi) is 3.78. The maximum absolute atomic E-state index is 13.5. The van der Waals surface area contributed by atoms with Crippen LogP contribution in [0, 0.1) is 11.7 Å². The number of benzene rings is 2. The van der Waals surface area contributed by atoms with Crippen LogP contribution < -0.4 is 14.2 Å².